The third-order valence-corrected chi connectivity index (χ3v) is 7.32. The molecule has 1 aliphatic heterocycles. The van der Waals surface area contributed by atoms with Crippen LogP contribution in [-0.2, 0) is 0 Å². The summed E-state index contributed by atoms with van der Waals surface area (Å²) in [5.74, 6) is 1.71. The molecule has 1 saturated carbocycles. The van der Waals surface area contributed by atoms with Crippen molar-refractivity contribution < 1.29 is 4.74 Å². The van der Waals surface area contributed by atoms with E-state index >= 15 is 0 Å². The molecule has 0 bridgehead atoms. The quantitative estimate of drug-likeness (QED) is 0.386. The smallest absolute Gasteiger partial charge is 0.128 e. The van der Waals surface area contributed by atoms with Crippen LogP contribution in [0.25, 0.3) is 22.2 Å². The summed E-state index contributed by atoms with van der Waals surface area (Å²) < 4.78 is 6.19. The van der Waals surface area contributed by atoms with E-state index in [1.807, 2.05) is 31.3 Å². The van der Waals surface area contributed by atoms with Gasteiger partial charge in [-0.1, -0.05) is 23.2 Å². The normalized spacial score (nSPS) is 17.8. The van der Waals surface area contributed by atoms with Gasteiger partial charge in [-0.2, -0.15) is 5.10 Å². The fraction of sp³-hybridized carbons (Fsp3) is 0.320. The highest BCUT2D eigenvalue weighted by molar-refractivity contribution is 6.35. The van der Waals surface area contributed by atoms with Crippen molar-refractivity contribution in [3.05, 3.63) is 64.5 Å². The molecule has 3 aromatic heterocycles. The predicted octanol–water partition coefficient (Wildman–Crippen LogP) is 5.41. The number of fused-ring (bicyclic) bond motifs is 1. The van der Waals surface area contributed by atoms with Crippen LogP contribution in [0.2, 0.25) is 10.0 Å². The highest BCUT2D eigenvalue weighted by Crippen LogP contribution is 2.39. The van der Waals surface area contributed by atoms with E-state index < -0.39 is 0 Å². The number of hydrogen-bond acceptors (Lipinski definition) is 6. The van der Waals surface area contributed by atoms with Gasteiger partial charge in [-0.25, -0.2) is 4.98 Å². The molecule has 9 heteroatoms. The van der Waals surface area contributed by atoms with Crippen molar-refractivity contribution in [2.45, 2.75) is 31.4 Å². The molecule has 1 aliphatic carbocycles. The van der Waals surface area contributed by atoms with Gasteiger partial charge in [0, 0.05) is 60.3 Å². The number of aromatic nitrogens is 4. The number of H-pyrrole nitrogens is 1. The fourth-order valence-electron chi connectivity index (χ4n) is 4.71. The molecule has 4 heterocycles. The molecule has 4 aromatic rings. The molecule has 1 atom stereocenters. The number of nitrogens with one attached hydrogen (secondary N) is 2. The third-order valence-electron chi connectivity index (χ3n) is 6.72. The Morgan fingerprint density at radius 2 is 1.91 bits per heavy atom. The molecule has 2 N–H and O–H groups in total. The van der Waals surface area contributed by atoms with Crippen molar-refractivity contribution in [2.24, 2.45) is 0 Å². The van der Waals surface area contributed by atoms with Crippen LogP contribution >= 0.6 is 23.2 Å². The van der Waals surface area contributed by atoms with Gasteiger partial charge in [0.15, 0.2) is 0 Å². The zero-order valence-electron chi connectivity index (χ0n) is 18.7. The zero-order valence-corrected chi connectivity index (χ0v) is 20.2. The molecule has 1 spiro atoms. The maximum Gasteiger partial charge on any atom is 0.128 e. The summed E-state index contributed by atoms with van der Waals surface area (Å²) in [4.78, 5) is 11.2. The van der Waals surface area contributed by atoms with Gasteiger partial charge in [0.25, 0.3) is 0 Å². The lowest BCUT2D eigenvalue weighted by Crippen LogP contribution is -2.52. The molecule has 2 aliphatic rings. The van der Waals surface area contributed by atoms with E-state index in [0.29, 0.717) is 26.9 Å². The molecule has 7 nitrogen and oxygen atoms in total. The summed E-state index contributed by atoms with van der Waals surface area (Å²) in [6, 6.07) is 10.0. The van der Waals surface area contributed by atoms with Crippen molar-refractivity contribution in [3.63, 3.8) is 0 Å². The first-order valence-corrected chi connectivity index (χ1v) is 12.2. The minimum Gasteiger partial charge on any atom is -0.486 e. The lowest BCUT2D eigenvalue weighted by molar-refractivity contribution is 0.227. The highest BCUT2D eigenvalue weighted by atomic mass is 35.5. The largest absolute Gasteiger partial charge is 0.486 e. The van der Waals surface area contributed by atoms with Gasteiger partial charge in [0.2, 0.25) is 0 Å². The van der Waals surface area contributed by atoms with E-state index in [0.717, 1.165) is 47.6 Å². The standard InChI is InChI=1S/C25H24Cl2N6O/c1-15(23-19(26)12-28-13-20(23)27)34-17-3-4-21-18(10-17)24(32-31-21)16-2-5-22(29-11-16)33-9-8-30-25(14-33)6-7-25/h2-5,10-13,15,30H,6-9,14H2,1H3,(H,31,32). The average Bonchev–Trinajstić information content (AvgIpc) is 3.44. The number of hydrogen-bond donors (Lipinski definition) is 2. The molecular formula is C25H24Cl2N6O. The SMILES string of the molecule is CC(Oc1ccc2[nH]nc(-c3ccc(N4CCNC5(CC5)C4)nc3)c2c1)c1c(Cl)cncc1Cl. The number of pyridine rings is 2. The number of benzene rings is 1. The number of ether oxygens (including phenoxy) is 1. The molecule has 1 aromatic carbocycles. The van der Waals surface area contributed by atoms with Crippen molar-refractivity contribution in [2.75, 3.05) is 24.5 Å². The van der Waals surface area contributed by atoms with Crippen LogP contribution in [0.15, 0.2) is 48.9 Å². The summed E-state index contributed by atoms with van der Waals surface area (Å²) in [5, 5.41) is 13.2. The molecule has 0 amide bonds. The monoisotopic (exact) mass is 494 g/mol. The Morgan fingerprint density at radius 3 is 2.65 bits per heavy atom. The van der Waals surface area contributed by atoms with Gasteiger partial charge in [0.05, 0.1) is 15.6 Å². The summed E-state index contributed by atoms with van der Waals surface area (Å²) in [5.41, 5.74) is 3.75. The predicted molar refractivity (Wildman–Crippen MR) is 135 cm³/mol. The Hall–Kier alpha value is -2.87. The van der Waals surface area contributed by atoms with Crippen molar-refractivity contribution in [3.8, 4) is 17.0 Å². The van der Waals surface area contributed by atoms with Gasteiger partial charge in [0.1, 0.15) is 23.4 Å². The zero-order chi connectivity index (χ0) is 23.3. The first-order chi connectivity index (χ1) is 16.5. The molecule has 34 heavy (non-hydrogen) atoms. The number of rotatable bonds is 5. The van der Waals surface area contributed by atoms with E-state index in [1.54, 1.807) is 12.4 Å². The van der Waals surface area contributed by atoms with Crippen LogP contribution in [0.1, 0.15) is 31.4 Å². The molecular weight excluding hydrogens is 471 g/mol. The lowest BCUT2D eigenvalue weighted by Gasteiger charge is -2.34. The van der Waals surface area contributed by atoms with Crippen molar-refractivity contribution in [1.29, 1.82) is 0 Å². The number of piperazine rings is 1. The second-order valence-corrected chi connectivity index (χ2v) is 9.90. The van der Waals surface area contributed by atoms with Crippen molar-refractivity contribution >= 4 is 39.9 Å². The van der Waals surface area contributed by atoms with E-state index in [4.69, 9.17) is 32.9 Å². The summed E-state index contributed by atoms with van der Waals surface area (Å²) in [6.45, 7) is 4.92. The van der Waals surface area contributed by atoms with Gasteiger partial charge < -0.3 is 15.0 Å². The first-order valence-electron chi connectivity index (χ1n) is 11.4. The van der Waals surface area contributed by atoms with Gasteiger partial charge in [-0.15, -0.1) is 0 Å². The Bertz CT molecular complexity index is 1330. The Balaban J connectivity index is 1.25. The second kappa shape index (κ2) is 8.41. The van der Waals surface area contributed by atoms with Crippen LogP contribution in [-0.4, -0.2) is 45.3 Å². The number of anilines is 1. The minimum absolute atomic E-state index is 0.315. The van der Waals surface area contributed by atoms with E-state index in [2.05, 4.69) is 37.5 Å². The topological polar surface area (TPSA) is 79.0 Å². The maximum absolute atomic E-state index is 6.31. The molecule has 1 saturated heterocycles. The van der Waals surface area contributed by atoms with Crippen LogP contribution in [0, 0.1) is 0 Å². The van der Waals surface area contributed by atoms with Crippen LogP contribution < -0.4 is 15.0 Å². The van der Waals surface area contributed by atoms with Crippen LogP contribution in [0.3, 0.4) is 0 Å². The van der Waals surface area contributed by atoms with E-state index in [-0.39, 0.29) is 6.10 Å². The number of nitrogens with zero attached hydrogens (tertiary/aromatic N) is 4. The number of aromatic amines is 1. The fourth-order valence-corrected chi connectivity index (χ4v) is 5.38. The van der Waals surface area contributed by atoms with Gasteiger partial charge in [-0.05, 0) is 50.1 Å². The van der Waals surface area contributed by atoms with Gasteiger partial charge >= 0.3 is 0 Å². The first kappa shape index (κ1) is 21.6. The Morgan fingerprint density at radius 1 is 1.09 bits per heavy atom. The summed E-state index contributed by atoms with van der Waals surface area (Å²) >= 11 is 12.6. The number of halogens is 2. The van der Waals surface area contributed by atoms with Crippen LogP contribution in [0.5, 0.6) is 5.75 Å². The summed E-state index contributed by atoms with van der Waals surface area (Å²) in [7, 11) is 0. The van der Waals surface area contributed by atoms with Crippen LogP contribution in [0.4, 0.5) is 5.82 Å². The molecule has 0 radical (unpaired) electrons. The molecule has 1 unspecified atom stereocenters. The Labute approximate surface area is 207 Å². The Kier molecular flexibility index (Phi) is 5.36. The molecule has 174 valence electrons. The average molecular weight is 495 g/mol. The third kappa shape index (κ3) is 3.98. The molecule has 6 rings (SSSR count). The van der Waals surface area contributed by atoms with Crippen molar-refractivity contribution in [1.82, 2.24) is 25.5 Å². The maximum atomic E-state index is 6.31. The second-order valence-electron chi connectivity index (χ2n) is 9.09. The lowest BCUT2D eigenvalue weighted by atomic mass is 10.1. The minimum atomic E-state index is -0.342. The van der Waals surface area contributed by atoms with Gasteiger partial charge in [-0.3, -0.25) is 10.1 Å². The molecule has 2 fully saturated rings. The highest BCUT2D eigenvalue weighted by Gasteiger charge is 2.45. The van der Waals surface area contributed by atoms with E-state index in [1.165, 1.54) is 12.8 Å². The summed E-state index contributed by atoms with van der Waals surface area (Å²) in [6.07, 6.45) is 7.21. The van der Waals surface area contributed by atoms with E-state index in [9.17, 15) is 0 Å².